The zero-order chi connectivity index (χ0) is 15.9. The van der Waals surface area contributed by atoms with E-state index in [1.807, 2.05) is 31.2 Å². The number of rotatable bonds is 2. The second kappa shape index (κ2) is 5.74. The highest BCUT2D eigenvalue weighted by Crippen LogP contribution is 2.38. The van der Waals surface area contributed by atoms with Crippen LogP contribution in [0.15, 0.2) is 39.8 Å². The third kappa shape index (κ3) is 2.51. The minimum atomic E-state index is -0.241. The molecular weight excluding hydrogens is 368 g/mol. The minimum Gasteiger partial charge on any atom is -0.497 e. The van der Waals surface area contributed by atoms with E-state index in [1.165, 1.54) is 0 Å². The van der Waals surface area contributed by atoms with E-state index in [-0.39, 0.29) is 5.91 Å². The lowest BCUT2D eigenvalue weighted by molar-refractivity contribution is -0.110. The molecule has 0 aromatic heterocycles. The molecule has 2 aromatic carbocycles. The van der Waals surface area contributed by atoms with Crippen LogP contribution in [0.3, 0.4) is 0 Å². The van der Waals surface area contributed by atoms with Crippen molar-refractivity contribution in [3.63, 3.8) is 0 Å². The quantitative estimate of drug-likeness (QED) is 0.835. The summed E-state index contributed by atoms with van der Waals surface area (Å²) in [5.41, 5.74) is 3.28. The molecule has 0 spiro atoms. The fourth-order valence-electron chi connectivity index (χ4n) is 2.32. The number of methoxy groups -OCH3 is 1. The number of aliphatic imine (C=N–C) groups is 1. The molecule has 3 rings (SSSR count). The molecule has 0 unspecified atom stereocenters. The highest BCUT2D eigenvalue weighted by molar-refractivity contribution is 9.10. The molecule has 0 fully saturated rings. The van der Waals surface area contributed by atoms with E-state index in [1.54, 1.807) is 13.2 Å². The molecule has 0 radical (unpaired) electrons. The largest absolute Gasteiger partial charge is 0.497 e. The van der Waals surface area contributed by atoms with Crippen LogP contribution in [0.5, 0.6) is 5.75 Å². The summed E-state index contributed by atoms with van der Waals surface area (Å²) >= 11 is 9.61. The molecule has 1 aliphatic heterocycles. The molecule has 22 heavy (non-hydrogen) atoms. The van der Waals surface area contributed by atoms with Gasteiger partial charge in [0.05, 0.1) is 23.5 Å². The van der Waals surface area contributed by atoms with Gasteiger partial charge >= 0.3 is 0 Å². The van der Waals surface area contributed by atoms with Gasteiger partial charge in [0.25, 0.3) is 5.91 Å². The smallest absolute Gasteiger partial charge is 0.275 e. The fourth-order valence-corrected chi connectivity index (χ4v) is 2.99. The van der Waals surface area contributed by atoms with Gasteiger partial charge in [-0.25, -0.2) is 4.99 Å². The Morgan fingerprint density at radius 3 is 2.82 bits per heavy atom. The van der Waals surface area contributed by atoms with E-state index in [2.05, 4.69) is 26.2 Å². The van der Waals surface area contributed by atoms with Crippen LogP contribution in [-0.2, 0) is 4.79 Å². The Balaban J connectivity index is 2.14. The van der Waals surface area contributed by atoms with Crippen LogP contribution in [0.2, 0.25) is 5.02 Å². The van der Waals surface area contributed by atoms with Crippen molar-refractivity contribution in [1.82, 2.24) is 0 Å². The second-order valence-electron chi connectivity index (χ2n) is 4.84. The zero-order valence-electron chi connectivity index (χ0n) is 11.9. The number of fused-ring (bicyclic) bond motifs is 1. The van der Waals surface area contributed by atoms with Crippen LogP contribution in [0, 0.1) is 6.92 Å². The number of benzene rings is 2. The molecule has 0 bridgehead atoms. The maximum absolute atomic E-state index is 12.2. The number of hydrogen-bond donors (Lipinski definition) is 1. The lowest BCUT2D eigenvalue weighted by Crippen LogP contribution is -2.14. The maximum atomic E-state index is 12.2. The van der Waals surface area contributed by atoms with Gasteiger partial charge in [0.1, 0.15) is 11.5 Å². The number of carbonyl (C=O) groups is 1. The van der Waals surface area contributed by atoms with E-state index < -0.39 is 0 Å². The van der Waals surface area contributed by atoms with Gasteiger partial charge in [-0.3, -0.25) is 4.79 Å². The normalized spacial score (nSPS) is 14.9. The van der Waals surface area contributed by atoms with Crippen LogP contribution in [0.1, 0.15) is 11.1 Å². The van der Waals surface area contributed by atoms with Crippen molar-refractivity contribution in [1.29, 1.82) is 0 Å². The topological polar surface area (TPSA) is 50.7 Å². The van der Waals surface area contributed by atoms with Crippen molar-refractivity contribution in [2.45, 2.75) is 6.92 Å². The highest BCUT2D eigenvalue weighted by Gasteiger charge is 2.29. The molecule has 1 N–H and O–H groups in total. The first-order valence-corrected chi connectivity index (χ1v) is 7.71. The molecule has 1 amide bonds. The predicted molar refractivity (Wildman–Crippen MR) is 91.7 cm³/mol. The predicted octanol–water partition coefficient (Wildman–Crippen LogP) is 4.49. The van der Waals surface area contributed by atoms with E-state index in [4.69, 9.17) is 16.3 Å². The summed E-state index contributed by atoms with van der Waals surface area (Å²) in [5, 5.41) is 3.41. The molecule has 0 saturated heterocycles. The van der Waals surface area contributed by atoms with Gasteiger partial charge in [0.2, 0.25) is 0 Å². The molecule has 2 aromatic rings. The number of ether oxygens (including phenoxy) is 1. The van der Waals surface area contributed by atoms with Gasteiger partial charge in [-0.05, 0) is 46.6 Å². The number of carbonyl (C=O) groups excluding carboxylic acids is 1. The van der Waals surface area contributed by atoms with Crippen LogP contribution >= 0.6 is 27.5 Å². The van der Waals surface area contributed by atoms with Crippen molar-refractivity contribution in [2.75, 3.05) is 12.4 Å². The molecule has 1 heterocycles. The van der Waals surface area contributed by atoms with Crippen molar-refractivity contribution < 1.29 is 9.53 Å². The van der Waals surface area contributed by atoms with Crippen LogP contribution in [0.4, 0.5) is 11.4 Å². The Morgan fingerprint density at radius 1 is 1.32 bits per heavy atom. The Hall–Kier alpha value is -1.85. The average Bonchev–Trinajstić information content (AvgIpc) is 2.82. The fraction of sp³-hybridized carbons (Fsp3) is 0.125. The van der Waals surface area contributed by atoms with Gasteiger partial charge in [-0.15, -0.1) is 0 Å². The Labute approximate surface area is 141 Å². The number of anilines is 1. The van der Waals surface area contributed by atoms with E-state index >= 15 is 0 Å². The minimum absolute atomic E-state index is 0.241. The Kier molecular flexibility index (Phi) is 3.93. The zero-order valence-corrected chi connectivity index (χ0v) is 14.2. The van der Waals surface area contributed by atoms with Gasteiger partial charge in [0, 0.05) is 16.1 Å². The molecule has 4 nitrogen and oxygen atoms in total. The maximum Gasteiger partial charge on any atom is 0.275 e. The first-order valence-electron chi connectivity index (χ1n) is 6.54. The van der Waals surface area contributed by atoms with Gasteiger partial charge in [0.15, 0.2) is 0 Å². The Bertz CT molecular complexity index is 818. The third-order valence-corrected chi connectivity index (χ3v) is 4.80. The molecule has 0 atom stereocenters. The van der Waals surface area contributed by atoms with Crippen molar-refractivity contribution in [3.8, 4) is 5.75 Å². The summed E-state index contributed by atoms with van der Waals surface area (Å²) in [6.45, 7) is 1.86. The SMILES string of the molecule is COc1cccc(N=C2C(=O)Nc3c2cc(Br)c(Cl)c3C)c1. The summed E-state index contributed by atoms with van der Waals surface area (Å²) in [5.74, 6) is 0.448. The summed E-state index contributed by atoms with van der Waals surface area (Å²) in [6.07, 6.45) is 0. The third-order valence-electron chi connectivity index (χ3n) is 3.46. The van der Waals surface area contributed by atoms with E-state index in [9.17, 15) is 4.79 Å². The van der Waals surface area contributed by atoms with Crippen molar-refractivity contribution in [3.05, 3.63) is 51.0 Å². The van der Waals surface area contributed by atoms with E-state index in [0.29, 0.717) is 27.9 Å². The molecular formula is C16H12BrClN2O2. The first kappa shape index (κ1) is 15.1. The van der Waals surface area contributed by atoms with Crippen molar-refractivity contribution in [2.24, 2.45) is 4.99 Å². The number of amides is 1. The van der Waals surface area contributed by atoms with Crippen LogP contribution in [0.25, 0.3) is 0 Å². The highest BCUT2D eigenvalue weighted by atomic mass is 79.9. The van der Waals surface area contributed by atoms with Gasteiger partial charge in [-0.1, -0.05) is 17.7 Å². The van der Waals surface area contributed by atoms with Crippen molar-refractivity contribution >= 4 is 50.5 Å². The number of nitrogens with one attached hydrogen (secondary N) is 1. The molecule has 0 saturated carbocycles. The van der Waals surface area contributed by atoms with Crippen LogP contribution < -0.4 is 10.1 Å². The van der Waals surface area contributed by atoms with Crippen LogP contribution in [-0.4, -0.2) is 18.7 Å². The summed E-state index contributed by atoms with van der Waals surface area (Å²) in [6, 6.07) is 9.05. The molecule has 1 aliphatic rings. The number of halogens is 2. The molecule has 6 heteroatoms. The first-order chi connectivity index (χ1) is 10.5. The molecule has 0 aliphatic carbocycles. The standard InChI is InChI=1S/C16H12BrClN2O2/c1-8-13(18)12(17)7-11-14(8)20-16(21)15(11)19-9-4-3-5-10(6-9)22-2/h3-7H,1-2H3,(H,19,20,21). The molecule has 112 valence electrons. The monoisotopic (exact) mass is 378 g/mol. The Morgan fingerprint density at radius 2 is 2.09 bits per heavy atom. The van der Waals surface area contributed by atoms with E-state index in [0.717, 1.165) is 15.6 Å². The van der Waals surface area contributed by atoms with Gasteiger partial charge in [-0.2, -0.15) is 0 Å². The lowest BCUT2D eigenvalue weighted by atomic mass is 10.1. The van der Waals surface area contributed by atoms with Gasteiger partial charge < -0.3 is 10.1 Å². The summed E-state index contributed by atoms with van der Waals surface area (Å²) in [7, 11) is 1.59. The lowest BCUT2D eigenvalue weighted by Gasteiger charge is -2.07. The summed E-state index contributed by atoms with van der Waals surface area (Å²) in [4.78, 5) is 16.7. The average molecular weight is 380 g/mol. The number of hydrogen-bond acceptors (Lipinski definition) is 3. The number of nitrogens with zero attached hydrogens (tertiary/aromatic N) is 1. The second-order valence-corrected chi connectivity index (χ2v) is 6.07. The summed E-state index contributed by atoms with van der Waals surface area (Å²) < 4.78 is 5.91.